The second-order valence-corrected chi connectivity index (χ2v) is 4.49. The van der Waals surface area contributed by atoms with E-state index in [0.717, 1.165) is 6.42 Å². The van der Waals surface area contributed by atoms with E-state index in [1.165, 1.54) is 7.11 Å². The molecule has 0 amide bonds. The summed E-state index contributed by atoms with van der Waals surface area (Å²) in [5.41, 5.74) is 0.690. The highest BCUT2D eigenvalue weighted by Gasteiger charge is 2.09. The number of carbonyl (C=O) groups excluding carboxylic acids is 1. The molecule has 3 heteroatoms. The van der Waals surface area contributed by atoms with Crippen LogP contribution in [0, 0.1) is 11.8 Å². The van der Waals surface area contributed by atoms with Crippen molar-refractivity contribution < 1.29 is 9.53 Å². The number of esters is 1. The third kappa shape index (κ3) is 5.97. The van der Waals surface area contributed by atoms with Crippen molar-refractivity contribution >= 4 is 28.6 Å². The second-order valence-electron chi connectivity index (χ2n) is 3.77. The third-order valence-corrected chi connectivity index (χ3v) is 2.99. The molecule has 0 aromatic carbocycles. The molecule has 86 valence electrons. The van der Waals surface area contributed by atoms with Gasteiger partial charge in [-0.25, -0.2) is 4.79 Å². The van der Waals surface area contributed by atoms with Crippen LogP contribution in [0.15, 0.2) is 21.8 Å². The smallest absolute Gasteiger partial charge is 0.333 e. The van der Waals surface area contributed by atoms with Gasteiger partial charge >= 0.3 is 5.97 Å². The predicted molar refractivity (Wildman–Crippen MR) is 71.9 cm³/mol. The van der Waals surface area contributed by atoms with Crippen LogP contribution in [0.5, 0.6) is 0 Å². The van der Waals surface area contributed by atoms with Gasteiger partial charge in [0.05, 0.1) is 7.11 Å². The van der Waals surface area contributed by atoms with Crippen LogP contribution < -0.4 is 0 Å². The molecular formula is C12H19IO2. The minimum Gasteiger partial charge on any atom is -0.466 e. The van der Waals surface area contributed by atoms with E-state index in [2.05, 4.69) is 47.3 Å². The summed E-state index contributed by atoms with van der Waals surface area (Å²) in [6, 6.07) is 0. The van der Waals surface area contributed by atoms with Crippen LogP contribution in [0.1, 0.15) is 27.2 Å². The number of ether oxygens (including phenoxy) is 1. The molecule has 0 saturated carbocycles. The molecule has 0 fully saturated rings. The summed E-state index contributed by atoms with van der Waals surface area (Å²) < 4.78 is 6.67. The summed E-state index contributed by atoms with van der Waals surface area (Å²) in [6.07, 6.45) is 5.03. The fourth-order valence-electron chi connectivity index (χ4n) is 1.13. The monoisotopic (exact) mass is 322 g/mol. The fraction of sp³-hybridized carbons (Fsp3) is 0.583. The predicted octanol–water partition coefficient (Wildman–Crippen LogP) is 3.72. The Morgan fingerprint density at radius 1 is 1.47 bits per heavy atom. The Bertz CT molecular complexity index is 256. The standard InChI is InChI=1S/C12H19IO2/c1-9(10(2)7-8-13)5-6-11(3)12(14)15-4/h6-10H,5H2,1-4H3/b8-7+,11-6-/t9-,10-/m0/s1. The molecule has 15 heavy (non-hydrogen) atoms. The van der Waals surface area contributed by atoms with E-state index in [-0.39, 0.29) is 5.97 Å². The summed E-state index contributed by atoms with van der Waals surface area (Å²) in [5.74, 6) is 0.832. The summed E-state index contributed by atoms with van der Waals surface area (Å²) in [5, 5.41) is 0. The van der Waals surface area contributed by atoms with Gasteiger partial charge in [0.1, 0.15) is 0 Å². The van der Waals surface area contributed by atoms with Gasteiger partial charge in [0.2, 0.25) is 0 Å². The number of halogens is 1. The van der Waals surface area contributed by atoms with Gasteiger partial charge in [-0.2, -0.15) is 0 Å². The van der Waals surface area contributed by atoms with Crippen LogP contribution in [0.25, 0.3) is 0 Å². The van der Waals surface area contributed by atoms with Crippen LogP contribution in [0.4, 0.5) is 0 Å². The van der Waals surface area contributed by atoms with E-state index in [9.17, 15) is 4.79 Å². The molecule has 0 aliphatic heterocycles. The normalized spacial score (nSPS) is 16.5. The Morgan fingerprint density at radius 2 is 2.07 bits per heavy atom. The maximum atomic E-state index is 11.1. The zero-order valence-electron chi connectivity index (χ0n) is 9.79. The lowest BCUT2D eigenvalue weighted by molar-refractivity contribution is -0.136. The van der Waals surface area contributed by atoms with Crippen LogP contribution in [0.3, 0.4) is 0 Å². The van der Waals surface area contributed by atoms with Crippen molar-refractivity contribution in [3.63, 3.8) is 0 Å². The maximum Gasteiger partial charge on any atom is 0.333 e. The number of hydrogen-bond acceptors (Lipinski definition) is 2. The molecule has 0 rings (SSSR count). The molecule has 0 aliphatic carbocycles. The Morgan fingerprint density at radius 3 is 2.53 bits per heavy atom. The lowest BCUT2D eigenvalue weighted by Gasteiger charge is -2.14. The highest BCUT2D eigenvalue weighted by molar-refractivity contribution is 14.1. The number of rotatable bonds is 5. The Labute approximate surface area is 106 Å². The summed E-state index contributed by atoms with van der Waals surface area (Å²) >= 11 is 2.22. The lowest BCUT2D eigenvalue weighted by Crippen LogP contribution is -2.06. The largest absolute Gasteiger partial charge is 0.466 e. The molecule has 0 heterocycles. The number of methoxy groups -OCH3 is 1. The first kappa shape index (κ1) is 14.7. The second kappa shape index (κ2) is 7.91. The molecule has 0 unspecified atom stereocenters. The van der Waals surface area contributed by atoms with E-state index in [4.69, 9.17) is 0 Å². The van der Waals surface area contributed by atoms with Crippen LogP contribution >= 0.6 is 22.6 Å². The van der Waals surface area contributed by atoms with Crippen molar-refractivity contribution in [2.24, 2.45) is 11.8 Å². The van der Waals surface area contributed by atoms with Gasteiger partial charge < -0.3 is 4.74 Å². The molecule has 0 spiro atoms. The first-order valence-corrected chi connectivity index (χ1v) is 6.29. The zero-order valence-corrected chi connectivity index (χ0v) is 11.9. The topological polar surface area (TPSA) is 26.3 Å². The van der Waals surface area contributed by atoms with E-state index in [1.54, 1.807) is 6.92 Å². The van der Waals surface area contributed by atoms with Crippen LogP contribution in [-0.4, -0.2) is 13.1 Å². The number of allylic oxidation sites excluding steroid dienone is 2. The van der Waals surface area contributed by atoms with E-state index in [0.29, 0.717) is 17.4 Å². The van der Waals surface area contributed by atoms with E-state index >= 15 is 0 Å². The molecule has 0 aliphatic rings. The summed E-state index contributed by atoms with van der Waals surface area (Å²) in [7, 11) is 1.41. The van der Waals surface area contributed by atoms with Gasteiger partial charge in [-0.05, 0) is 29.3 Å². The molecule has 0 N–H and O–H groups in total. The number of hydrogen-bond donors (Lipinski definition) is 0. The number of carbonyl (C=O) groups is 1. The molecule has 0 aromatic rings. The van der Waals surface area contributed by atoms with Crippen molar-refractivity contribution in [3.8, 4) is 0 Å². The molecule has 0 aromatic heterocycles. The van der Waals surface area contributed by atoms with E-state index in [1.807, 2.05) is 10.2 Å². The Balaban J connectivity index is 4.19. The van der Waals surface area contributed by atoms with Gasteiger partial charge in [0.25, 0.3) is 0 Å². The summed E-state index contributed by atoms with van der Waals surface area (Å²) in [4.78, 5) is 11.1. The molecule has 0 saturated heterocycles. The maximum absolute atomic E-state index is 11.1. The molecule has 0 bridgehead atoms. The quantitative estimate of drug-likeness (QED) is 0.438. The third-order valence-electron chi connectivity index (χ3n) is 2.58. The van der Waals surface area contributed by atoms with Crippen molar-refractivity contribution in [1.82, 2.24) is 0 Å². The lowest BCUT2D eigenvalue weighted by atomic mass is 9.92. The minimum atomic E-state index is -0.237. The minimum absolute atomic E-state index is 0.237. The van der Waals surface area contributed by atoms with Crippen LogP contribution in [0.2, 0.25) is 0 Å². The molecule has 2 nitrogen and oxygen atoms in total. The SMILES string of the molecule is COC(=O)/C(C)=C\C[C@H](C)[C@@H](C)/C=C/I. The first-order valence-electron chi connectivity index (χ1n) is 5.04. The van der Waals surface area contributed by atoms with E-state index < -0.39 is 0 Å². The van der Waals surface area contributed by atoms with Gasteiger partial charge in [0.15, 0.2) is 0 Å². The van der Waals surface area contributed by atoms with Gasteiger partial charge in [-0.15, -0.1) is 0 Å². The van der Waals surface area contributed by atoms with Gasteiger partial charge in [-0.3, -0.25) is 0 Å². The van der Waals surface area contributed by atoms with Crippen molar-refractivity contribution in [2.45, 2.75) is 27.2 Å². The van der Waals surface area contributed by atoms with Crippen molar-refractivity contribution in [3.05, 3.63) is 21.8 Å². The average molecular weight is 322 g/mol. The first-order chi connectivity index (χ1) is 7.02. The Hall–Kier alpha value is -0.320. The molecule has 0 radical (unpaired) electrons. The Kier molecular flexibility index (Phi) is 7.74. The van der Waals surface area contributed by atoms with Crippen LogP contribution in [-0.2, 0) is 9.53 Å². The van der Waals surface area contributed by atoms with Crippen molar-refractivity contribution in [1.29, 1.82) is 0 Å². The average Bonchev–Trinajstić information content (AvgIpc) is 2.24. The molecular weight excluding hydrogens is 303 g/mol. The zero-order chi connectivity index (χ0) is 11.8. The van der Waals surface area contributed by atoms with Crippen molar-refractivity contribution in [2.75, 3.05) is 7.11 Å². The highest BCUT2D eigenvalue weighted by Crippen LogP contribution is 2.18. The highest BCUT2D eigenvalue weighted by atomic mass is 127. The summed E-state index contributed by atoms with van der Waals surface area (Å²) in [6.45, 7) is 6.15. The fourth-order valence-corrected chi connectivity index (χ4v) is 1.78. The van der Waals surface area contributed by atoms with Gasteiger partial charge in [-0.1, -0.05) is 48.6 Å². The molecule has 2 atom stereocenters. The van der Waals surface area contributed by atoms with Gasteiger partial charge in [0, 0.05) is 5.57 Å².